The fraction of sp³-hybridized carbons (Fsp3) is 0.214. The summed E-state index contributed by atoms with van der Waals surface area (Å²) in [6, 6.07) is 6.07. The van der Waals surface area contributed by atoms with Crippen LogP contribution in [0.5, 0.6) is 0 Å². The van der Waals surface area contributed by atoms with E-state index < -0.39 is 13.0 Å². The highest BCUT2D eigenvalue weighted by Crippen LogP contribution is 2.21. The van der Waals surface area contributed by atoms with Gasteiger partial charge >= 0.3 is 0 Å². The smallest absolute Gasteiger partial charge is 0.269 e. The lowest BCUT2D eigenvalue weighted by atomic mass is 10.2. The number of aromatic nitrogens is 1. The molecule has 0 unspecified atom stereocenters. The molecule has 0 N–H and O–H groups in total. The van der Waals surface area contributed by atoms with Crippen molar-refractivity contribution in [3.8, 4) is 22.9 Å². The summed E-state index contributed by atoms with van der Waals surface area (Å²) in [4.78, 5) is 14.3. The van der Waals surface area contributed by atoms with Crippen molar-refractivity contribution >= 4 is 13.8 Å². The molecular weight excluding hydrogens is 272 g/mol. The van der Waals surface area contributed by atoms with Gasteiger partial charge in [-0.25, -0.2) is 4.98 Å². The molecule has 2 rings (SSSR count). The van der Waals surface area contributed by atoms with Crippen LogP contribution in [0.15, 0.2) is 34.9 Å². The maximum atomic E-state index is 10.6. The van der Waals surface area contributed by atoms with Crippen molar-refractivity contribution < 1.29 is 9.34 Å². The fourth-order valence-corrected chi connectivity index (χ4v) is 1.94. The van der Waals surface area contributed by atoms with Gasteiger partial charge in [0.25, 0.3) is 5.69 Å². The summed E-state index contributed by atoms with van der Waals surface area (Å²) in [7, 11) is -1.45. The number of rotatable bonds is 2. The second kappa shape index (κ2) is 5.31. The molecular formula is C14H14N2O3Si. The third-order valence-electron chi connectivity index (χ3n) is 2.39. The lowest BCUT2D eigenvalue weighted by molar-refractivity contribution is -0.384. The molecule has 0 aliphatic rings. The highest BCUT2D eigenvalue weighted by atomic mass is 28.3. The Morgan fingerprint density at radius 3 is 2.45 bits per heavy atom. The van der Waals surface area contributed by atoms with Gasteiger partial charge in [-0.2, -0.15) is 0 Å². The van der Waals surface area contributed by atoms with Crippen LogP contribution in [-0.2, 0) is 0 Å². The van der Waals surface area contributed by atoms with Gasteiger partial charge in [-0.3, -0.25) is 10.1 Å². The number of non-ortho nitro benzene ring substituents is 1. The summed E-state index contributed by atoms with van der Waals surface area (Å²) in [6.07, 6.45) is 1.57. The zero-order valence-electron chi connectivity index (χ0n) is 11.5. The summed E-state index contributed by atoms with van der Waals surface area (Å²) >= 11 is 0. The zero-order chi connectivity index (χ0) is 14.8. The molecule has 6 heteroatoms. The molecule has 5 nitrogen and oxygen atoms in total. The summed E-state index contributed by atoms with van der Waals surface area (Å²) in [5, 5.41) is 10.6. The molecule has 0 fully saturated rings. The van der Waals surface area contributed by atoms with Crippen molar-refractivity contribution in [1.82, 2.24) is 4.98 Å². The molecule has 0 amide bonds. The number of hydrogen-bond donors (Lipinski definition) is 0. The lowest BCUT2D eigenvalue weighted by Gasteiger charge is -2.02. The predicted molar refractivity (Wildman–Crippen MR) is 78.8 cm³/mol. The molecule has 0 radical (unpaired) electrons. The van der Waals surface area contributed by atoms with E-state index in [1.54, 1.807) is 18.3 Å². The Bertz CT molecular complexity index is 688. The van der Waals surface area contributed by atoms with E-state index in [4.69, 9.17) is 4.42 Å². The van der Waals surface area contributed by atoms with Crippen molar-refractivity contribution in [2.24, 2.45) is 0 Å². The van der Waals surface area contributed by atoms with E-state index in [1.165, 1.54) is 12.1 Å². The van der Waals surface area contributed by atoms with Crippen LogP contribution in [0, 0.1) is 21.6 Å². The summed E-state index contributed by atoms with van der Waals surface area (Å²) < 4.78 is 5.53. The Labute approximate surface area is 117 Å². The van der Waals surface area contributed by atoms with Gasteiger partial charge in [0.2, 0.25) is 5.89 Å². The summed E-state index contributed by atoms with van der Waals surface area (Å²) in [6.45, 7) is 6.44. The number of benzene rings is 1. The highest BCUT2D eigenvalue weighted by molar-refractivity contribution is 6.83. The lowest BCUT2D eigenvalue weighted by Crippen LogP contribution is -2.16. The number of nitro benzene ring substituents is 1. The van der Waals surface area contributed by atoms with Crippen LogP contribution in [-0.4, -0.2) is 18.0 Å². The van der Waals surface area contributed by atoms with Gasteiger partial charge in [0, 0.05) is 17.7 Å². The first-order chi connectivity index (χ1) is 9.35. The Balaban J connectivity index is 2.24. The van der Waals surface area contributed by atoms with Gasteiger partial charge in [-0.1, -0.05) is 19.6 Å². The predicted octanol–water partition coefficient (Wildman–Crippen LogP) is 3.48. The van der Waals surface area contributed by atoms with Crippen molar-refractivity contribution in [3.63, 3.8) is 0 Å². The third-order valence-corrected chi connectivity index (χ3v) is 3.27. The normalized spacial score (nSPS) is 10.8. The van der Waals surface area contributed by atoms with E-state index in [0.29, 0.717) is 17.2 Å². The first-order valence-corrected chi connectivity index (χ1v) is 9.59. The average molecular weight is 286 g/mol. The molecule has 0 atom stereocenters. The van der Waals surface area contributed by atoms with Crippen LogP contribution in [0.4, 0.5) is 5.69 Å². The van der Waals surface area contributed by atoms with Crippen LogP contribution in [0.2, 0.25) is 19.6 Å². The van der Waals surface area contributed by atoms with E-state index in [9.17, 15) is 10.1 Å². The minimum absolute atomic E-state index is 0.0408. The van der Waals surface area contributed by atoms with E-state index >= 15 is 0 Å². The molecule has 1 aromatic heterocycles. The number of oxazole rings is 1. The molecule has 0 saturated heterocycles. The molecule has 20 heavy (non-hydrogen) atoms. The molecule has 0 spiro atoms. The van der Waals surface area contributed by atoms with Crippen LogP contribution in [0.1, 0.15) is 5.76 Å². The zero-order valence-corrected chi connectivity index (χ0v) is 12.5. The maximum absolute atomic E-state index is 10.6. The molecule has 0 bridgehead atoms. The Hall–Kier alpha value is -2.39. The second-order valence-electron chi connectivity index (χ2n) is 5.33. The SMILES string of the molecule is C[Si](C)(C)C#Cc1cnc(-c2ccc([N+](=O)[O-])cc2)o1. The Kier molecular flexibility index (Phi) is 3.72. The fourth-order valence-electron chi connectivity index (χ4n) is 1.44. The van der Waals surface area contributed by atoms with E-state index in [-0.39, 0.29) is 5.69 Å². The third kappa shape index (κ3) is 3.55. The van der Waals surface area contributed by atoms with Crippen molar-refractivity contribution in [1.29, 1.82) is 0 Å². The van der Waals surface area contributed by atoms with Crippen molar-refractivity contribution in [2.45, 2.75) is 19.6 Å². The monoisotopic (exact) mass is 286 g/mol. The van der Waals surface area contributed by atoms with Gasteiger partial charge in [-0.15, -0.1) is 5.54 Å². The molecule has 0 aliphatic heterocycles. The van der Waals surface area contributed by atoms with Crippen molar-refractivity contribution in [2.75, 3.05) is 0 Å². The average Bonchev–Trinajstić information content (AvgIpc) is 2.84. The topological polar surface area (TPSA) is 69.2 Å². The molecule has 2 aromatic rings. The van der Waals surface area contributed by atoms with Gasteiger partial charge in [0.15, 0.2) is 5.76 Å². The van der Waals surface area contributed by atoms with Crippen LogP contribution in [0.3, 0.4) is 0 Å². The van der Waals surface area contributed by atoms with Crippen LogP contribution < -0.4 is 0 Å². The molecule has 102 valence electrons. The Morgan fingerprint density at radius 2 is 1.90 bits per heavy atom. The van der Waals surface area contributed by atoms with Crippen molar-refractivity contribution in [3.05, 3.63) is 46.3 Å². The standard InChI is InChI=1S/C14H14N2O3Si/c1-20(2,3)9-8-13-10-15-14(19-13)11-4-6-12(7-5-11)16(17)18/h4-7,10H,1-3H3. The number of hydrogen-bond acceptors (Lipinski definition) is 4. The molecule has 1 heterocycles. The minimum atomic E-state index is -1.45. The molecule has 0 aliphatic carbocycles. The van der Waals surface area contributed by atoms with Gasteiger partial charge in [0.05, 0.1) is 11.1 Å². The first kappa shape index (κ1) is 14.0. The maximum Gasteiger partial charge on any atom is 0.269 e. The van der Waals surface area contributed by atoms with Crippen LogP contribution in [0.25, 0.3) is 11.5 Å². The van der Waals surface area contributed by atoms with Gasteiger partial charge in [-0.05, 0) is 18.1 Å². The molecule has 1 aromatic carbocycles. The number of nitro groups is 1. The second-order valence-corrected chi connectivity index (χ2v) is 10.1. The minimum Gasteiger partial charge on any atom is -0.428 e. The largest absolute Gasteiger partial charge is 0.428 e. The van der Waals surface area contributed by atoms with E-state index in [2.05, 4.69) is 36.1 Å². The summed E-state index contributed by atoms with van der Waals surface area (Å²) in [5.74, 6) is 3.91. The number of nitrogens with zero attached hydrogens (tertiary/aromatic N) is 2. The van der Waals surface area contributed by atoms with E-state index in [1.807, 2.05) is 0 Å². The Morgan fingerprint density at radius 1 is 1.25 bits per heavy atom. The van der Waals surface area contributed by atoms with Gasteiger partial charge < -0.3 is 4.42 Å². The van der Waals surface area contributed by atoms with Crippen LogP contribution >= 0.6 is 0 Å². The van der Waals surface area contributed by atoms with E-state index in [0.717, 1.165) is 0 Å². The quantitative estimate of drug-likeness (QED) is 0.367. The van der Waals surface area contributed by atoms with Gasteiger partial charge in [0.1, 0.15) is 8.07 Å². The highest BCUT2D eigenvalue weighted by Gasteiger charge is 2.10. The first-order valence-electron chi connectivity index (χ1n) is 6.09. The molecule has 0 saturated carbocycles. The summed E-state index contributed by atoms with van der Waals surface area (Å²) in [5.41, 5.74) is 3.92.